The fraction of sp³-hybridized carbons (Fsp3) is 0.154. The lowest BCUT2D eigenvalue weighted by atomic mass is 10.2. The van der Waals surface area contributed by atoms with Crippen molar-refractivity contribution < 1.29 is 0 Å². The zero-order valence-corrected chi connectivity index (χ0v) is 8.68. The summed E-state index contributed by atoms with van der Waals surface area (Å²) in [6, 6.07) is 11.3. The molecule has 0 N–H and O–H groups in total. The molecule has 2 rings (SSSR count). The van der Waals surface area contributed by atoms with Crippen LogP contribution in [0.2, 0.25) is 0 Å². The van der Waals surface area contributed by atoms with Crippen LogP contribution in [0.4, 0.5) is 0 Å². The van der Waals surface area contributed by atoms with Crippen LogP contribution in [0.25, 0.3) is 10.9 Å². The summed E-state index contributed by atoms with van der Waals surface area (Å²) in [5, 5.41) is 1.07. The van der Waals surface area contributed by atoms with Gasteiger partial charge < -0.3 is 4.57 Å². The van der Waals surface area contributed by atoms with Gasteiger partial charge in [-0.1, -0.05) is 24.3 Å². The summed E-state index contributed by atoms with van der Waals surface area (Å²) in [7, 11) is 0. The van der Waals surface area contributed by atoms with Crippen molar-refractivity contribution in [2.45, 2.75) is 13.0 Å². The van der Waals surface area contributed by atoms with Crippen LogP contribution < -0.4 is 5.56 Å². The number of para-hydroxylation sites is 1. The van der Waals surface area contributed by atoms with E-state index in [0.29, 0.717) is 0 Å². The Labute approximate surface area is 88.5 Å². The number of aromatic nitrogens is 1. The Morgan fingerprint density at radius 3 is 2.73 bits per heavy atom. The van der Waals surface area contributed by atoms with Gasteiger partial charge in [0.25, 0.3) is 5.56 Å². The second-order valence-electron chi connectivity index (χ2n) is 3.58. The third-order valence-corrected chi connectivity index (χ3v) is 2.59. The SMILES string of the molecule is C=CC(C)n1c(=O)ccc2ccccc21. The first-order chi connectivity index (χ1) is 7.24. The van der Waals surface area contributed by atoms with Gasteiger partial charge in [0.15, 0.2) is 0 Å². The fourth-order valence-corrected chi connectivity index (χ4v) is 1.73. The van der Waals surface area contributed by atoms with Crippen LogP contribution in [0, 0.1) is 0 Å². The predicted molar refractivity (Wildman–Crippen MR) is 63.1 cm³/mol. The maximum atomic E-state index is 11.7. The molecule has 1 atom stereocenters. The first-order valence-corrected chi connectivity index (χ1v) is 4.97. The number of rotatable bonds is 2. The largest absolute Gasteiger partial charge is 0.302 e. The Balaban J connectivity index is 2.85. The van der Waals surface area contributed by atoms with Crippen molar-refractivity contribution in [1.82, 2.24) is 4.57 Å². The predicted octanol–water partition coefficient (Wildman–Crippen LogP) is 2.75. The number of hydrogen-bond donors (Lipinski definition) is 0. The van der Waals surface area contributed by atoms with Crippen molar-refractivity contribution in [3.05, 3.63) is 59.4 Å². The molecule has 0 amide bonds. The molecule has 0 bridgehead atoms. The maximum absolute atomic E-state index is 11.7. The van der Waals surface area contributed by atoms with E-state index < -0.39 is 0 Å². The number of fused-ring (bicyclic) bond motifs is 1. The molecule has 0 spiro atoms. The summed E-state index contributed by atoms with van der Waals surface area (Å²) in [4.78, 5) is 11.7. The lowest BCUT2D eigenvalue weighted by Gasteiger charge is -2.13. The maximum Gasteiger partial charge on any atom is 0.251 e. The molecule has 0 aliphatic heterocycles. The molecule has 2 aromatic rings. The van der Waals surface area contributed by atoms with Crippen molar-refractivity contribution in [3.8, 4) is 0 Å². The van der Waals surface area contributed by atoms with Gasteiger partial charge in [0.1, 0.15) is 0 Å². The van der Waals surface area contributed by atoms with E-state index in [-0.39, 0.29) is 11.6 Å². The van der Waals surface area contributed by atoms with Crippen LogP contribution in [0.3, 0.4) is 0 Å². The van der Waals surface area contributed by atoms with E-state index in [0.717, 1.165) is 10.9 Å². The van der Waals surface area contributed by atoms with Crippen molar-refractivity contribution in [1.29, 1.82) is 0 Å². The zero-order chi connectivity index (χ0) is 10.8. The molecule has 0 saturated heterocycles. The molecular formula is C13H13NO. The summed E-state index contributed by atoms with van der Waals surface area (Å²) >= 11 is 0. The smallest absolute Gasteiger partial charge is 0.251 e. The van der Waals surface area contributed by atoms with E-state index in [2.05, 4.69) is 6.58 Å². The second-order valence-corrected chi connectivity index (χ2v) is 3.58. The number of allylic oxidation sites excluding steroid dienone is 1. The van der Waals surface area contributed by atoms with Gasteiger partial charge in [-0.25, -0.2) is 0 Å². The van der Waals surface area contributed by atoms with Gasteiger partial charge in [0.2, 0.25) is 0 Å². The molecule has 0 aliphatic rings. The topological polar surface area (TPSA) is 22.0 Å². The van der Waals surface area contributed by atoms with E-state index in [1.807, 2.05) is 37.3 Å². The highest BCUT2D eigenvalue weighted by atomic mass is 16.1. The summed E-state index contributed by atoms with van der Waals surface area (Å²) in [5.74, 6) is 0. The molecule has 0 saturated carbocycles. The Bertz CT molecular complexity index is 554. The van der Waals surface area contributed by atoms with Gasteiger partial charge >= 0.3 is 0 Å². The summed E-state index contributed by atoms with van der Waals surface area (Å²) < 4.78 is 1.75. The van der Waals surface area contributed by atoms with Crippen molar-refractivity contribution >= 4 is 10.9 Å². The van der Waals surface area contributed by atoms with Gasteiger partial charge in [-0.2, -0.15) is 0 Å². The molecule has 2 nitrogen and oxygen atoms in total. The summed E-state index contributed by atoms with van der Waals surface area (Å²) in [6.07, 6.45) is 1.77. The molecular weight excluding hydrogens is 186 g/mol. The van der Waals surface area contributed by atoms with Crippen molar-refractivity contribution in [2.24, 2.45) is 0 Å². The zero-order valence-electron chi connectivity index (χ0n) is 8.68. The van der Waals surface area contributed by atoms with Crippen LogP contribution in [-0.2, 0) is 0 Å². The third kappa shape index (κ3) is 1.59. The quantitative estimate of drug-likeness (QED) is 0.682. The lowest BCUT2D eigenvalue weighted by Crippen LogP contribution is -2.21. The highest BCUT2D eigenvalue weighted by Crippen LogP contribution is 2.15. The van der Waals surface area contributed by atoms with Crippen LogP contribution in [-0.4, -0.2) is 4.57 Å². The van der Waals surface area contributed by atoms with Crippen LogP contribution >= 0.6 is 0 Å². The molecule has 76 valence electrons. The fourth-order valence-electron chi connectivity index (χ4n) is 1.73. The number of hydrogen-bond acceptors (Lipinski definition) is 1. The molecule has 1 aromatic carbocycles. The lowest BCUT2D eigenvalue weighted by molar-refractivity contribution is 0.661. The Hall–Kier alpha value is -1.83. The molecule has 1 heterocycles. The minimum Gasteiger partial charge on any atom is -0.302 e. The number of nitrogens with zero attached hydrogens (tertiary/aromatic N) is 1. The van der Waals surface area contributed by atoms with E-state index in [4.69, 9.17) is 0 Å². The molecule has 0 radical (unpaired) electrons. The molecule has 1 unspecified atom stereocenters. The van der Waals surface area contributed by atoms with Crippen molar-refractivity contribution in [3.63, 3.8) is 0 Å². The van der Waals surface area contributed by atoms with Gasteiger partial charge in [-0.15, -0.1) is 6.58 Å². The normalized spacial score (nSPS) is 12.6. The molecule has 0 aliphatic carbocycles. The van der Waals surface area contributed by atoms with E-state index >= 15 is 0 Å². The Kier molecular flexibility index (Phi) is 2.42. The third-order valence-electron chi connectivity index (χ3n) is 2.59. The first kappa shape index (κ1) is 9.71. The monoisotopic (exact) mass is 199 g/mol. The average molecular weight is 199 g/mol. The molecule has 0 fully saturated rings. The minimum absolute atomic E-state index is 0.0149. The minimum atomic E-state index is 0.0149. The van der Waals surface area contributed by atoms with Crippen molar-refractivity contribution in [2.75, 3.05) is 0 Å². The number of pyridine rings is 1. The van der Waals surface area contributed by atoms with E-state index in [1.165, 1.54) is 0 Å². The highest BCUT2D eigenvalue weighted by Gasteiger charge is 2.05. The first-order valence-electron chi connectivity index (χ1n) is 4.97. The molecule has 15 heavy (non-hydrogen) atoms. The van der Waals surface area contributed by atoms with Gasteiger partial charge in [0, 0.05) is 6.07 Å². The standard InChI is InChI=1S/C13H13NO/c1-3-10(2)14-12-7-5-4-6-11(12)8-9-13(14)15/h3-10H,1H2,2H3. The second kappa shape index (κ2) is 3.73. The Morgan fingerprint density at radius 2 is 2.00 bits per heavy atom. The van der Waals surface area contributed by atoms with Gasteiger partial charge in [-0.3, -0.25) is 4.79 Å². The summed E-state index contributed by atoms with van der Waals surface area (Å²) in [6.45, 7) is 5.68. The van der Waals surface area contributed by atoms with Gasteiger partial charge in [0.05, 0.1) is 11.6 Å². The average Bonchev–Trinajstić information content (AvgIpc) is 2.28. The van der Waals surface area contributed by atoms with Crippen LogP contribution in [0.5, 0.6) is 0 Å². The molecule has 1 aromatic heterocycles. The summed E-state index contributed by atoms with van der Waals surface area (Å²) in [5.41, 5.74) is 0.971. The highest BCUT2D eigenvalue weighted by molar-refractivity contribution is 5.78. The Morgan fingerprint density at radius 1 is 1.27 bits per heavy atom. The van der Waals surface area contributed by atoms with E-state index in [1.54, 1.807) is 16.7 Å². The van der Waals surface area contributed by atoms with Gasteiger partial charge in [-0.05, 0) is 24.4 Å². The van der Waals surface area contributed by atoms with Crippen LogP contribution in [0.15, 0.2) is 53.8 Å². The molecule has 2 heteroatoms. The number of benzene rings is 1. The van der Waals surface area contributed by atoms with E-state index in [9.17, 15) is 4.79 Å². The van der Waals surface area contributed by atoms with Crippen LogP contribution in [0.1, 0.15) is 13.0 Å².